The van der Waals surface area contributed by atoms with Gasteiger partial charge in [-0.15, -0.1) is 0 Å². The zero-order valence-electron chi connectivity index (χ0n) is 12.3. The fraction of sp³-hybridized carbons (Fsp3) is 0.0556. The molecule has 4 nitrogen and oxygen atoms in total. The minimum absolute atomic E-state index is 0.0705. The van der Waals surface area contributed by atoms with Gasteiger partial charge in [-0.1, -0.05) is 41.9 Å². The third-order valence-electron chi connectivity index (χ3n) is 3.29. The number of carbonyl (C=O) groups is 1. The summed E-state index contributed by atoms with van der Waals surface area (Å²) in [5.41, 5.74) is 0.729. The number of halogens is 1. The number of nitrogens with one attached hydrogen (secondary N) is 2. The van der Waals surface area contributed by atoms with Gasteiger partial charge in [0.25, 0.3) is 0 Å². The molecule has 0 saturated heterocycles. The van der Waals surface area contributed by atoms with Gasteiger partial charge in [-0.2, -0.15) is 0 Å². The molecule has 116 valence electrons. The largest absolute Gasteiger partial charge is 0.473 e. The number of hydrogen-bond acceptors (Lipinski definition) is 2. The third kappa shape index (κ3) is 4.14. The molecule has 2 N–H and O–H groups in total. The van der Waals surface area contributed by atoms with Gasteiger partial charge in [0.05, 0.1) is 0 Å². The maximum Gasteiger partial charge on any atom is 0.321 e. The van der Waals surface area contributed by atoms with Gasteiger partial charge >= 0.3 is 6.03 Å². The second-order valence-electron chi connectivity index (χ2n) is 4.94. The molecule has 0 atom stereocenters. The Labute approximate surface area is 139 Å². The SMILES string of the molecule is O=C(NCOc1ccc(Cl)cc1)Nc1ccc2ccccc2c1. The normalized spacial score (nSPS) is 10.3. The van der Waals surface area contributed by atoms with E-state index in [1.54, 1.807) is 24.3 Å². The molecule has 0 unspecified atom stereocenters. The molecule has 3 aromatic carbocycles. The van der Waals surface area contributed by atoms with E-state index in [9.17, 15) is 4.79 Å². The maximum atomic E-state index is 11.9. The first-order valence-corrected chi connectivity index (χ1v) is 7.50. The van der Waals surface area contributed by atoms with Crippen molar-refractivity contribution in [1.29, 1.82) is 0 Å². The summed E-state index contributed by atoms with van der Waals surface area (Å²) in [6.07, 6.45) is 0. The molecule has 0 fully saturated rings. The summed E-state index contributed by atoms with van der Waals surface area (Å²) in [5, 5.41) is 8.25. The third-order valence-corrected chi connectivity index (χ3v) is 3.54. The lowest BCUT2D eigenvalue weighted by molar-refractivity contribution is 0.234. The number of fused-ring (bicyclic) bond motifs is 1. The first-order valence-electron chi connectivity index (χ1n) is 7.13. The highest BCUT2D eigenvalue weighted by atomic mass is 35.5. The second kappa shape index (κ2) is 7.03. The van der Waals surface area contributed by atoms with Crippen LogP contribution in [0.5, 0.6) is 5.75 Å². The van der Waals surface area contributed by atoms with E-state index in [0.717, 1.165) is 16.5 Å². The van der Waals surface area contributed by atoms with E-state index in [0.29, 0.717) is 10.8 Å². The van der Waals surface area contributed by atoms with Crippen molar-refractivity contribution in [2.45, 2.75) is 0 Å². The Bertz CT molecular complexity index is 819. The van der Waals surface area contributed by atoms with Crippen LogP contribution in [0.2, 0.25) is 5.02 Å². The quantitative estimate of drug-likeness (QED) is 0.685. The summed E-state index contributed by atoms with van der Waals surface area (Å²) in [6, 6.07) is 20.3. The van der Waals surface area contributed by atoms with E-state index in [-0.39, 0.29) is 12.8 Å². The van der Waals surface area contributed by atoms with Crippen molar-refractivity contribution < 1.29 is 9.53 Å². The molecule has 23 heavy (non-hydrogen) atoms. The maximum absolute atomic E-state index is 11.9. The van der Waals surface area contributed by atoms with Gasteiger partial charge in [0.2, 0.25) is 0 Å². The number of anilines is 1. The summed E-state index contributed by atoms with van der Waals surface area (Å²) in [6.45, 7) is 0.0705. The molecular weight excluding hydrogens is 312 g/mol. The molecule has 0 bridgehead atoms. The zero-order chi connectivity index (χ0) is 16.1. The van der Waals surface area contributed by atoms with E-state index in [2.05, 4.69) is 10.6 Å². The number of benzene rings is 3. The Morgan fingerprint density at radius 2 is 1.70 bits per heavy atom. The minimum atomic E-state index is -0.325. The lowest BCUT2D eigenvalue weighted by Gasteiger charge is -2.10. The Balaban J connectivity index is 1.53. The number of carbonyl (C=O) groups excluding carboxylic acids is 1. The average Bonchev–Trinajstić information content (AvgIpc) is 2.56. The number of rotatable bonds is 4. The van der Waals surface area contributed by atoms with Crippen molar-refractivity contribution in [3.8, 4) is 5.75 Å². The summed E-state index contributed by atoms with van der Waals surface area (Å²) < 4.78 is 5.41. The van der Waals surface area contributed by atoms with Crippen LogP contribution in [-0.2, 0) is 0 Å². The second-order valence-corrected chi connectivity index (χ2v) is 5.37. The monoisotopic (exact) mass is 326 g/mol. The van der Waals surface area contributed by atoms with Crippen LogP contribution in [0.3, 0.4) is 0 Å². The highest BCUT2D eigenvalue weighted by Gasteiger charge is 2.02. The van der Waals surface area contributed by atoms with Gasteiger partial charge < -0.3 is 15.4 Å². The fourth-order valence-electron chi connectivity index (χ4n) is 2.16. The highest BCUT2D eigenvalue weighted by Crippen LogP contribution is 2.18. The molecule has 0 spiro atoms. The number of amides is 2. The predicted octanol–water partition coefficient (Wildman–Crippen LogP) is 4.65. The Morgan fingerprint density at radius 1 is 0.957 bits per heavy atom. The Kier molecular flexibility index (Phi) is 4.64. The smallest absolute Gasteiger partial charge is 0.321 e. The van der Waals surface area contributed by atoms with Gasteiger partial charge in [0.1, 0.15) is 5.75 Å². The fourth-order valence-corrected chi connectivity index (χ4v) is 2.28. The van der Waals surface area contributed by atoms with Crippen molar-refractivity contribution in [2.75, 3.05) is 12.0 Å². The lowest BCUT2D eigenvalue weighted by Crippen LogP contribution is -2.31. The minimum Gasteiger partial charge on any atom is -0.473 e. The zero-order valence-corrected chi connectivity index (χ0v) is 13.0. The van der Waals surface area contributed by atoms with Crippen molar-refractivity contribution in [2.24, 2.45) is 0 Å². The van der Waals surface area contributed by atoms with Crippen LogP contribution in [0.25, 0.3) is 10.8 Å². The summed E-state index contributed by atoms with van der Waals surface area (Å²) >= 11 is 5.79. The molecule has 2 amide bonds. The van der Waals surface area contributed by atoms with Crippen LogP contribution in [-0.4, -0.2) is 12.8 Å². The van der Waals surface area contributed by atoms with Crippen molar-refractivity contribution in [3.05, 3.63) is 71.8 Å². The molecular formula is C18H15ClN2O2. The molecule has 0 aliphatic heterocycles. The standard InChI is InChI=1S/C18H15ClN2O2/c19-15-6-9-17(10-7-15)23-12-20-18(22)21-16-8-5-13-3-1-2-4-14(13)11-16/h1-11H,12H2,(H2,20,21,22). The Morgan fingerprint density at radius 3 is 2.48 bits per heavy atom. The van der Waals surface area contributed by atoms with Gasteiger partial charge in [-0.05, 0) is 47.2 Å². The van der Waals surface area contributed by atoms with Gasteiger partial charge in [-0.25, -0.2) is 4.79 Å². The molecule has 0 aliphatic carbocycles. The highest BCUT2D eigenvalue weighted by molar-refractivity contribution is 6.30. The molecule has 0 aromatic heterocycles. The number of hydrogen-bond donors (Lipinski definition) is 2. The van der Waals surface area contributed by atoms with E-state index in [1.807, 2.05) is 42.5 Å². The van der Waals surface area contributed by atoms with Gasteiger partial charge in [0, 0.05) is 10.7 Å². The molecule has 3 aromatic rings. The predicted molar refractivity (Wildman–Crippen MR) is 93.0 cm³/mol. The summed E-state index contributed by atoms with van der Waals surface area (Å²) in [4.78, 5) is 11.9. The van der Waals surface area contributed by atoms with Crippen LogP contribution in [0.4, 0.5) is 10.5 Å². The van der Waals surface area contributed by atoms with E-state index in [1.165, 1.54) is 0 Å². The summed E-state index contributed by atoms with van der Waals surface area (Å²) in [7, 11) is 0. The first-order chi connectivity index (χ1) is 11.2. The van der Waals surface area contributed by atoms with E-state index in [4.69, 9.17) is 16.3 Å². The molecule has 0 radical (unpaired) electrons. The van der Waals surface area contributed by atoms with Crippen LogP contribution < -0.4 is 15.4 Å². The molecule has 5 heteroatoms. The van der Waals surface area contributed by atoms with Crippen LogP contribution in [0.15, 0.2) is 66.7 Å². The van der Waals surface area contributed by atoms with Crippen LogP contribution in [0.1, 0.15) is 0 Å². The van der Waals surface area contributed by atoms with Crippen molar-refractivity contribution in [1.82, 2.24) is 5.32 Å². The molecule has 0 aliphatic rings. The van der Waals surface area contributed by atoms with E-state index >= 15 is 0 Å². The average molecular weight is 327 g/mol. The van der Waals surface area contributed by atoms with Crippen LogP contribution >= 0.6 is 11.6 Å². The lowest BCUT2D eigenvalue weighted by atomic mass is 10.1. The number of ether oxygens (including phenoxy) is 1. The molecule has 0 saturated carbocycles. The van der Waals surface area contributed by atoms with Gasteiger partial charge in [0.15, 0.2) is 6.73 Å². The van der Waals surface area contributed by atoms with Crippen LogP contribution in [0, 0.1) is 0 Å². The van der Waals surface area contributed by atoms with Crippen molar-refractivity contribution in [3.63, 3.8) is 0 Å². The molecule has 0 heterocycles. The van der Waals surface area contributed by atoms with Gasteiger partial charge in [-0.3, -0.25) is 0 Å². The van der Waals surface area contributed by atoms with Crippen molar-refractivity contribution >= 4 is 34.1 Å². The molecule has 3 rings (SSSR count). The Hall–Kier alpha value is -2.72. The van der Waals surface area contributed by atoms with E-state index < -0.39 is 0 Å². The summed E-state index contributed by atoms with van der Waals surface area (Å²) in [5.74, 6) is 0.639. The topological polar surface area (TPSA) is 50.4 Å². The first kappa shape index (κ1) is 15.2. The number of urea groups is 1.